The van der Waals surface area contributed by atoms with Gasteiger partial charge in [0.05, 0.1) is 5.41 Å². The van der Waals surface area contributed by atoms with Crippen molar-refractivity contribution in [2.75, 3.05) is 45.7 Å². The number of carbonyl (C=O) groups excluding carboxylic acids is 1. The molecule has 0 spiro atoms. The second-order valence-electron chi connectivity index (χ2n) is 8.18. The van der Waals surface area contributed by atoms with Crippen molar-refractivity contribution in [2.45, 2.75) is 45.1 Å². The zero-order valence-electron chi connectivity index (χ0n) is 17.9. The van der Waals surface area contributed by atoms with E-state index in [1.54, 1.807) is 11.9 Å². The SMILES string of the molecule is CN=C(NCc1ccnc(N2CCCC2)c1)NCC1(C(=O)N(C)C)CCCC1.I. The van der Waals surface area contributed by atoms with Gasteiger partial charge in [0.2, 0.25) is 5.91 Å². The van der Waals surface area contributed by atoms with Crippen LogP contribution in [-0.2, 0) is 11.3 Å². The van der Waals surface area contributed by atoms with Gasteiger partial charge in [-0.15, -0.1) is 24.0 Å². The van der Waals surface area contributed by atoms with E-state index in [9.17, 15) is 4.79 Å². The van der Waals surface area contributed by atoms with E-state index in [0.29, 0.717) is 13.1 Å². The fraction of sp³-hybridized carbons (Fsp3) is 0.667. The van der Waals surface area contributed by atoms with Crippen molar-refractivity contribution in [3.8, 4) is 0 Å². The van der Waals surface area contributed by atoms with Gasteiger partial charge >= 0.3 is 0 Å². The summed E-state index contributed by atoms with van der Waals surface area (Å²) in [7, 11) is 5.46. The van der Waals surface area contributed by atoms with E-state index in [1.165, 1.54) is 18.4 Å². The third-order valence-corrected chi connectivity index (χ3v) is 5.94. The molecular formula is C21H35IN6O. The molecular weight excluding hydrogens is 479 g/mol. The number of aromatic nitrogens is 1. The van der Waals surface area contributed by atoms with Crippen molar-refractivity contribution in [1.29, 1.82) is 0 Å². The molecule has 0 radical (unpaired) electrons. The lowest BCUT2D eigenvalue weighted by Gasteiger charge is -2.31. The smallest absolute Gasteiger partial charge is 0.230 e. The molecule has 2 N–H and O–H groups in total. The van der Waals surface area contributed by atoms with Gasteiger partial charge < -0.3 is 20.4 Å². The molecule has 2 aliphatic rings. The lowest BCUT2D eigenvalue weighted by atomic mass is 9.84. The Balaban J connectivity index is 0.00000300. The molecule has 0 bridgehead atoms. The Morgan fingerprint density at radius 3 is 2.52 bits per heavy atom. The highest BCUT2D eigenvalue weighted by Gasteiger charge is 2.42. The molecule has 0 aromatic carbocycles. The van der Waals surface area contributed by atoms with Crippen LogP contribution in [-0.4, -0.2) is 62.5 Å². The second kappa shape index (κ2) is 11.0. The van der Waals surface area contributed by atoms with Crippen LogP contribution in [0, 0.1) is 5.41 Å². The van der Waals surface area contributed by atoms with Gasteiger partial charge in [0, 0.05) is 53.5 Å². The first-order valence-electron chi connectivity index (χ1n) is 10.4. The maximum atomic E-state index is 12.7. The van der Waals surface area contributed by atoms with Crippen molar-refractivity contribution in [1.82, 2.24) is 20.5 Å². The summed E-state index contributed by atoms with van der Waals surface area (Å²) < 4.78 is 0. The first kappa shape index (κ1) is 23.7. The Kier molecular flexibility index (Phi) is 8.98. The van der Waals surface area contributed by atoms with E-state index in [2.05, 4.69) is 31.6 Å². The number of rotatable bonds is 6. The van der Waals surface area contributed by atoms with Crippen LogP contribution in [0.4, 0.5) is 5.82 Å². The molecule has 162 valence electrons. The minimum atomic E-state index is -0.305. The number of hydrogen-bond donors (Lipinski definition) is 2. The zero-order valence-corrected chi connectivity index (χ0v) is 20.2. The monoisotopic (exact) mass is 514 g/mol. The molecule has 1 aliphatic carbocycles. The molecule has 1 saturated carbocycles. The van der Waals surface area contributed by atoms with Crippen molar-refractivity contribution in [3.63, 3.8) is 0 Å². The average Bonchev–Trinajstić information content (AvgIpc) is 3.40. The lowest BCUT2D eigenvalue weighted by Crippen LogP contribution is -2.49. The Labute approximate surface area is 191 Å². The van der Waals surface area contributed by atoms with E-state index >= 15 is 0 Å². The van der Waals surface area contributed by atoms with Gasteiger partial charge in [-0.1, -0.05) is 12.8 Å². The number of pyridine rings is 1. The highest BCUT2D eigenvalue weighted by molar-refractivity contribution is 14.0. The van der Waals surface area contributed by atoms with Crippen molar-refractivity contribution < 1.29 is 4.79 Å². The van der Waals surface area contributed by atoms with E-state index < -0.39 is 0 Å². The van der Waals surface area contributed by atoms with Crippen LogP contribution in [0.3, 0.4) is 0 Å². The molecule has 0 atom stereocenters. The molecule has 1 aromatic heterocycles. The number of amides is 1. The average molecular weight is 514 g/mol. The van der Waals surface area contributed by atoms with Crippen molar-refractivity contribution in [2.24, 2.45) is 10.4 Å². The Hall–Kier alpha value is -1.58. The summed E-state index contributed by atoms with van der Waals surface area (Å²) in [5.74, 6) is 2.01. The van der Waals surface area contributed by atoms with Crippen LogP contribution in [0.25, 0.3) is 0 Å². The van der Waals surface area contributed by atoms with Gasteiger partial charge in [0.15, 0.2) is 5.96 Å². The maximum absolute atomic E-state index is 12.7. The Morgan fingerprint density at radius 2 is 1.90 bits per heavy atom. The van der Waals surface area contributed by atoms with Crippen LogP contribution in [0.2, 0.25) is 0 Å². The largest absolute Gasteiger partial charge is 0.357 e. The topological polar surface area (TPSA) is 72.9 Å². The summed E-state index contributed by atoms with van der Waals surface area (Å²) in [6.45, 7) is 3.49. The fourth-order valence-corrected chi connectivity index (χ4v) is 4.34. The van der Waals surface area contributed by atoms with E-state index in [0.717, 1.165) is 50.6 Å². The van der Waals surface area contributed by atoms with Gasteiger partial charge in [-0.05, 0) is 43.4 Å². The van der Waals surface area contributed by atoms with Crippen LogP contribution < -0.4 is 15.5 Å². The van der Waals surface area contributed by atoms with Crippen LogP contribution in [0.1, 0.15) is 44.1 Å². The summed E-state index contributed by atoms with van der Waals surface area (Å²) in [5.41, 5.74) is 0.876. The molecule has 1 amide bonds. The maximum Gasteiger partial charge on any atom is 0.230 e. The van der Waals surface area contributed by atoms with E-state index in [-0.39, 0.29) is 35.3 Å². The number of aliphatic imine (C=N–C) groups is 1. The number of halogens is 1. The molecule has 2 fully saturated rings. The fourth-order valence-electron chi connectivity index (χ4n) is 4.34. The quantitative estimate of drug-likeness (QED) is 0.347. The number of nitrogens with one attached hydrogen (secondary N) is 2. The predicted octanol–water partition coefficient (Wildman–Crippen LogP) is 2.61. The number of anilines is 1. The van der Waals surface area contributed by atoms with Crippen LogP contribution in [0.5, 0.6) is 0 Å². The predicted molar refractivity (Wildman–Crippen MR) is 129 cm³/mol. The highest BCUT2D eigenvalue weighted by Crippen LogP contribution is 2.38. The molecule has 1 aliphatic heterocycles. The third kappa shape index (κ3) is 5.96. The number of nitrogens with zero attached hydrogens (tertiary/aromatic N) is 4. The van der Waals surface area contributed by atoms with Gasteiger partial charge in [-0.2, -0.15) is 0 Å². The molecule has 8 heteroatoms. The zero-order chi connectivity index (χ0) is 20.0. The second-order valence-corrected chi connectivity index (χ2v) is 8.18. The van der Waals surface area contributed by atoms with Crippen LogP contribution >= 0.6 is 24.0 Å². The Morgan fingerprint density at radius 1 is 1.21 bits per heavy atom. The van der Waals surface area contributed by atoms with E-state index in [4.69, 9.17) is 0 Å². The first-order valence-corrected chi connectivity index (χ1v) is 10.4. The molecule has 1 saturated heterocycles. The molecule has 0 unspecified atom stereocenters. The lowest BCUT2D eigenvalue weighted by molar-refractivity contribution is -0.138. The molecule has 1 aromatic rings. The van der Waals surface area contributed by atoms with Gasteiger partial charge in [-0.25, -0.2) is 4.98 Å². The minimum Gasteiger partial charge on any atom is -0.357 e. The molecule has 2 heterocycles. The Bertz CT molecular complexity index is 696. The molecule has 7 nitrogen and oxygen atoms in total. The van der Waals surface area contributed by atoms with Crippen molar-refractivity contribution in [3.05, 3.63) is 23.9 Å². The van der Waals surface area contributed by atoms with Gasteiger partial charge in [0.25, 0.3) is 0 Å². The normalized spacial score (nSPS) is 18.3. The molecule has 29 heavy (non-hydrogen) atoms. The number of carbonyl (C=O) groups is 1. The first-order chi connectivity index (χ1) is 13.5. The summed E-state index contributed by atoms with van der Waals surface area (Å²) in [6, 6.07) is 4.19. The van der Waals surface area contributed by atoms with Gasteiger partial charge in [-0.3, -0.25) is 9.79 Å². The number of hydrogen-bond acceptors (Lipinski definition) is 4. The summed E-state index contributed by atoms with van der Waals surface area (Å²) in [4.78, 5) is 25.6. The number of guanidine groups is 1. The standard InChI is InChI=1S/C21H34N6O.HI/c1-22-20(25-16-21(9-4-5-10-21)19(28)26(2)3)24-15-17-8-11-23-18(14-17)27-12-6-7-13-27;/h8,11,14H,4-7,9-10,12-13,15-16H2,1-3H3,(H2,22,24,25);1H. The van der Waals surface area contributed by atoms with Gasteiger partial charge in [0.1, 0.15) is 5.82 Å². The highest BCUT2D eigenvalue weighted by atomic mass is 127. The summed E-state index contributed by atoms with van der Waals surface area (Å²) in [5, 5.41) is 6.77. The van der Waals surface area contributed by atoms with E-state index in [1.807, 2.05) is 26.4 Å². The summed E-state index contributed by atoms with van der Waals surface area (Å²) >= 11 is 0. The minimum absolute atomic E-state index is 0. The van der Waals surface area contributed by atoms with Crippen LogP contribution in [0.15, 0.2) is 23.3 Å². The summed E-state index contributed by atoms with van der Waals surface area (Å²) in [6.07, 6.45) is 8.48. The van der Waals surface area contributed by atoms with Crippen molar-refractivity contribution >= 4 is 41.7 Å². The molecule has 3 rings (SSSR count). The third-order valence-electron chi connectivity index (χ3n) is 5.94.